The van der Waals surface area contributed by atoms with Crippen LogP contribution in [0.3, 0.4) is 0 Å². The number of rotatable bonds is 3. The number of anilines is 1. The predicted octanol–water partition coefficient (Wildman–Crippen LogP) is 3.87. The minimum Gasteiger partial charge on any atom is -0.321 e. The van der Waals surface area contributed by atoms with Gasteiger partial charge in [-0.25, -0.2) is 5.10 Å². The van der Waals surface area contributed by atoms with Crippen LogP contribution >= 0.6 is 0 Å². The Balaban J connectivity index is 1.59. The van der Waals surface area contributed by atoms with Crippen molar-refractivity contribution in [2.45, 2.75) is 26.2 Å². The summed E-state index contributed by atoms with van der Waals surface area (Å²) in [6, 6.07) is 16.5. The van der Waals surface area contributed by atoms with Gasteiger partial charge >= 0.3 is 0 Å². The molecule has 0 aliphatic heterocycles. The molecule has 0 atom stereocenters. The molecule has 7 heteroatoms. The molecule has 0 spiro atoms. The lowest BCUT2D eigenvalue weighted by atomic mass is 9.92. The Bertz CT molecular complexity index is 1290. The highest BCUT2D eigenvalue weighted by Crippen LogP contribution is 2.26. The summed E-state index contributed by atoms with van der Waals surface area (Å²) in [5, 5.41) is 15.3. The van der Waals surface area contributed by atoms with Gasteiger partial charge in [0.05, 0.1) is 11.1 Å². The molecule has 4 rings (SSSR count). The lowest BCUT2D eigenvalue weighted by molar-refractivity contribution is 0.102. The van der Waals surface area contributed by atoms with E-state index in [0.29, 0.717) is 22.5 Å². The van der Waals surface area contributed by atoms with Crippen LogP contribution in [-0.4, -0.2) is 25.9 Å². The number of hydrogen-bond acceptors (Lipinski definition) is 4. The van der Waals surface area contributed by atoms with E-state index >= 15 is 0 Å². The summed E-state index contributed by atoms with van der Waals surface area (Å²) in [7, 11) is 1.84. The molecule has 0 aliphatic rings. The molecule has 0 radical (unpaired) electrons. The van der Waals surface area contributed by atoms with Gasteiger partial charge in [-0.2, -0.15) is 10.2 Å². The first kappa shape index (κ1) is 19.6. The summed E-state index contributed by atoms with van der Waals surface area (Å²) in [6.45, 7) is 6.25. The molecule has 0 aliphatic carbocycles. The Hall–Kier alpha value is -3.74. The first-order valence-corrected chi connectivity index (χ1v) is 9.68. The number of aromatic amines is 1. The summed E-state index contributed by atoms with van der Waals surface area (Å²) >= 11 is 0. The topological polar surface area (TPSA) is 92.7 Å². The number of benzene rings is 2. The summed E-state index contributed by atoms with van der Waals surface area (Å²) in [5.74, 6) is -0.263. The van der Waals surface area contributed by atoms with Crippen molar-refractivity contribution in [3.63, 3.8) is 0 Å². The zero-order valence-corrected chi connectivity index (χ0v) is 17.4. The van der Waals surface area contributed by atoms with Crippen molar-refractivity contribution in [2.24, 2.45) is 7.05 Å². The van der Waals surface area contributed by atoms with Crippen molar-refractivity contribution >= 4 is 22.4 Å². The molecular weight excluding hydrogens is 378 g/mol. The van der Waals surface area contributed by atoms with E-state index in [4.69, 9.17) is 0 Å². The van der Waals surface area contributed by atoms with Crippen LogP contribution in [0.5, 0.6) is 0 Å². The molecule has 0 saturated carbocycles. The van der Waals surface area contributed by atoms with E-state index in [1.54, 1.807) is 10.7 Å². The van der Waals surface area contributed by atoms with Crippen molar-refractivity contribution in [1.82, 2.24) is 20.0 Å². The van der Waals surface area contributed by atoms with E-state index in [2.05, 4.69) is 41.4 Å². The third-order valence-corrected chi connectivity index (χ3v) is 4.99. The lowest BCUT2D eigenvalue weighted by Crippen LogP contribution is -2.16. The van der Waals surface area contributed by atoms with Crippen LogP contribution in [0.15, 0.2) is 59.4 Å². The zero-order valence-electron chi connectivity index (χ0n) is 17.4. The molecule has 152 valence electrons. The third-order valence-electron chi connectivity index (χ3n) is 4.99. The standard InChI is InChI=1S/C23H23N5O2/c1-23(2,3)19-13-18(27-28(19)4)22(30)24-15-11-9-14(10-12-15)20-16-7-5-6-8-17(16)21(29)26-25-20/h5-13H,1-4H3,(H,24,30)(H,26,29). The molecule has 2 heterocycles. The minimum absolute atomic E-state index is 0.103. The van der Waals surface area contributed by atoms with Crippen molar-refractivity contribution in [1.29, 1.82) is 0 Å². The highest BCUT2D eigenvalue weighted by atomic mass is 16.2. The average molecular weight is 401 g/mol. The molecular formula is C23H23N5O2. The van der Waals surface area contributed by atoms with E-state index < -0.39 is 0 Å². The van der Waals surface area contributed by atoms with Gasteiger partial charge in [-0.15, -0.1) is 0 Å². The Morgan fingerprint density at radius 2 is 1.70 bits per heavy atom. The van der Waals surface area contributed by atoms with Crippen molar-refractivity contribution in [3.8, 4) is 11.3 Å². The molecule has 2 N–H and O–H groups in total. The SMILES string of the molecule is Cn1nc(C(=O)Nc2ccc(-c3n[nH]c(=O)c4ccccc34)cc2)cc1C(C)(C)C. The molecule has 1 amide bonds. The van der Waals surface area contributed by atoms with E-state index in [1.165, 1.54) is 0 Å². The summed E-state index contributed by atoms with van der Waals surface area (Å²) in [4.78, 5) is 24.6. The van der Waals surface area contributed by atoms with Crippen LogP contribution in [0, 0.1) is 0 Å². The smallest absolute Gasteiger partial charge is 0.276 e. The number of aryl methyl sites for hydroxylation is 1. The number of carbonyl (C=O) groups excluding carboxylic acids is 1. The maximum atomic E-state index is 12.6. The van der Waals surface area contributed by atoms with E-state index in [0.717, 1.165) is 16.6 Å². The predicted molar refractivity (Wildman–Crippen MR) is 118 cm³/mol. The first-order valence-electron chi connectivity index (χ1n) is 9.68. The molecule has 30 heavy (non-hydrogen) atoms. The third kappa shape index (κ3) is 3.61. The first-order chi connectivity index (χ1) is 14.2. The van der Waals surface area contributed by atoms with E-state index in [-0.39, 0.29) is 16.9 Å². The number of amides is 1. The maximum absolute atomic E-state index is 12.6. The Morgan fingerprint density at radius 1 is 1.03 bits per heavy atom. The lowest BCUT2D eigenvalue weighted by Gasteiger charge is -2.17. The van der Waals surface area contributed by atoms with E-state index in [9.17, 15) is 9.59 Å². The van der Waals surface area contributed by atoms with Gasteiger partial charge in [-0.3, -0.25) is 14.3 Å². The fraction of sp³-hybridized carbons (Fsp3) is 0.217. The molecule has 4 aromatic rings. The fourth-order valence-electron chi connectivity index (χ4n) is 3.52. The number of fused-ring (bicyclic) bond motifs is 1. The molecule has 0 unspecified atom stereocenters. The van der Waals surface area contributed by atoms with Crippen LogP contribution in [0.25, 0.3) is 22.0 Å². The second-order valence-electron chi connectivity index (χ2n) is 8.27. The maximum Gasteiger partial charge on any atom is 0.276 e. The van der Waals surface area contributed by atoms with Crippen molar-refractivity contribution in [2.75, 3.05) is 5.32 Å². The van der Waals surface area contributed by atoms with Gasteiger partial charge in [-0.1, -0.05) is 51.1 Å². The highest BCUT2D eigenvalue weighted by molar-refractivity contribution is 6.03. The minimum atomic E-state index is -0.263. The summed E-state index contributed by atoms with van der Waals surface area (Å²) < 4.78 is 1.74. The monoisotopic (exact) mass is 401 g/mol. The second-order valence-corrected chi connectivity index (χ2v) is 8.27. The number of nitrogens with zero attached hydrogens (tertiary/aromatic N) is 3. The van der Waals surface area contributed by atoms with Gasteiger partial charge in [0.25, 0.3) is 11.5 Å². The Labute approximate surface area is 173 Å². The molecule has 0 fully saturated rings. The number of nitrogens with one attached hydrogen (secondary N) is 2. The quantitative estimate of drug-likeness (QED) is 0.545. The van der Waals surface area contributed by atoms with Crippen molar-refractivity contribution < 1.29 is 4.79 Å². The van der Waals surface area contributed by atoms with Gasteiger partial charge in [-0.05, 0) is 24.3 Å². The van der Waals surface area contributed by atoms with Gasteiger partial charge in [0.2, 0.25) is 0 Å². The number of carbonyl (C=O) groups is 1. The van der Waals surface area contributed by atoms with Crippen LogP contribution in [-0.2, 0) is 12.5 Å². The van der Waals surface area contributed by atoms with Gasteiger partial charge in [0, 0.05) is 34.8 Å². The molecule has 0 saturated heterocycles. The number of aromatic nitrogens is 4. The highest BCUT2D eigenvalue weighted by Gasteiger charge is 2.22. The number of hydrogen-bond donors (Lipinski definition) is 2. The molecule has 7 nitrogen and oxygen atoms in total. The Kier molecular flexibility index (Phi) is 4.73. The summed E-state index contributed by atoms with van der Waals surface area (Å²) in [5.41, 5.74) is 3.22. The zero-order chi connectivity index (χ0) is 21.5. The van der Waals surface area contributed by atoms with Crippen LogP contribution < -0.4 is 10.9 Å². The fourth-order valence-corrected chi connectivity index (χ4v) is 3.52. The molecule has 2 aromatic heterocycles. The van der Waals surface area contributed by atoms with Crippen LogP contribution in [0.1, 0.15) is 37.0 Å². The van der Waals surface area contributed by atoms with Crippen molar-refractivity contribution in [3.05, 3.63) is 76.3 Å². The van der Waals surface area contributed by atoms with Crippen LogP contribution in [0.2, 0.25) is 0 Å². The van der Waals surface area contributed by atoms with Gasteiger partial charge in [0.15, 0.2) is 5.69 Å². The second kappa shape index (κ2) is 7.26. The normalized spacial score (nSPS) is 11.6. The van der Waals surface area contributed by atoms with Crippen LogP contribution in [0.4, 0.5) is 5.69 Å². The van der Waals surface area contributed by atoms with Gasteiger partial charge in [0.1, 0.15) is 0 Å². The average Bonchev–Trinajstić information content (AvgIpc) is 3.12. The molecule has 2 aromatic carbocycles. The van der Waals surface area contributed by atoms with Gasteiger partial charge < -0.3 is 5.32 Å². The van der Waals surface area contributed by atoms with E-state index in [1.807, 2.05) is 55.6 Å². The molecule has 0 bridgehead atoms. The Morgan fingerprint density at radius 3 is 2.33 bits per heavy atom. The summed E-state index contributed by atoms with van der Waals surface area (Å²) in [6.07, 6.45) is 0. The largest absolute Gasteiger partial charge is 0.321 e. The number of H-pyrrole nitrogens is 1.